The first kappa shape index (κ1) is 20.1. The lowest BCUT2D eigenvalue weighted by atomic mass is 10.2. The molecule has 21 heavy (non-hydrogen) atoms. The van der Waals surface area contributed by atoms with Crippen molar-refractivity contribution in [1.82, 2.24) is 0 Å². The second-order valence-electron chi connectivity index (χ2n) is 3.57. The summed E-state index contributed by atoms with van der Waals surface area (Å²) < 4.78 is 13.4. The lowest BCUT2D eigenvalue weighted by Crippen LogP contribution is -1.77. The molecule has 114 valence electrons. The molecule has 0 atom stereocenters. The number of carbonyl (C=O) groups is 1. The van der Waals surface area contributed by atoms with E-state index in [9.17, 15) is 4.79 Å². The summed E-state index contributed by atoms with van der Waals surface area (Å²) in [6, 6.07) is 0. The van der Waals surface area contributed by atoms with Crippen LogP contribution in [0.15, 0.2) is 35.5 Å². The summed E-state index contributed by atoms with van der Waals surface area (Å²) in [5.41, 5.74) is 2.01. The minimum absolute atomic E-state index is 0.250. The van der Waals surface area contributed by atoms with E-state index >= 15 is 0 Å². The highest BCUT2D eigenvalue weighted by Gasteiger charge is 1.80. The number of carbonyl (C=O) groups excluding carboxylic acids is 3. The van der Waals surface area contributed by atoms with Gasteiger partial charge in [0.15, 0.2) is 14.2 Å². The Kier molecular flexibility index (Phi) is 23.1. The maximum absolute atomic E-state index is 9.96. The lowest BCUT2D eigenvalue weighted by molar-refractivity contribution is -0.191. The van der Waals surface area contributed by atoms with Crippen LogP contribution in [0.25, 0.3) is 0 Å². The second kappa shape index (κ2) is 24.1. The SMILES string of the molecule is O=C=O.[3H][B]SC/C=C(C)/C=C/CC.[3H][B]SC/C=C(\C)C=O. The standard InChI is InChI=1S/C8H14BS.C5H8BOS.CO2/c1-3-4-5-8(2)6-7-10-9;1-5(4-7)2-3-8-6;2-1-3/h4-6,9H,3,7H2,1-2H3;2,4,6H,3H2,1H3;/b5-4+,8-6+;5-2+;/i9T;6T;. The average Bonchev–Trinajstić information content (AvgIpc) is 2.54. The van der Waals surface area contributed by atoms with E-state index in [0.717, 1.165) is 24.0 Å². The maximum atomic E-state index is 9.96. The van der Waals surface area contributed by atoms with E-state index in [0.29, 0.717) is 5.75 Å². The van der Waals surface area contributed by atoms with Crippen LogP contribution in [-0.4, -0.2) is 40.8 Å². The maximum Gasteiger partial charge on any atom is 0.373 e. The van der Waals surface area contributed by atoms with Crippen molar-refractivity contribution < 1.29 is 14.4 Å². The zero-order valence-electron chi connectivity index (χ0n) is 14.7. The van der Waals surface area contributed by atoms with E-state index in [2.05, 4.69) is 32.1 Å². The zero-order valence-corrected chi connectivity index (χ0v) is 14.3. The predicted molar refractivity (Wildman–Crippen MR) is 97.2 cm³/mol. The molecule has 0 aromatic heterocycles. The van der Waals surface area contributed by atoms with Crippen LogP contribution >= 0.6 is 23.2 Å². The van der Waals surface area contributed by atoms with Crippen LogP contribution in [0.2, 0.25) is 0 Å². The highest BCUT2D eigenvalue weighted by molar-refractivity contribution is 8.20. The molecule has 2 radical (unpaired) electrons. The topological polar surface area (TPSA) is 51.2 Å². The van der Waals surface area contributed by atoms with E-state index in [4.69, 9.17) is 12.3 Å². The molecule has 0 unspecified atom stereocenters. The van der Waals surface area contributed by atoms with Gasteiger partial charge in [0.2, 0.25) is 0 Å². The molecule has 0 bridgehead atoms. The zero-order chi connectivity index (χ0) is 18.3. The van der Waals surface area contributed by atoms with Crippen molar-refractivity contribution in [1.29, 1.82) is 2.67 Å². The third-order valence-corrected chi connectivity index (χ3v) is 2.52. The van der Waals surface area contributed by atoms with Gasteiger partial charge in [-0.15, -0.1) is 0 Å². The Morgan fingerprint density at radius 3 is 2.00 bits per heavy atom. The van der Waals surface area contributed by atoms with Crippen molar-refractivity contribution in [3.63, 3.8) is 0 Å². The molecule has 0 amide bonds. The molecule has 0 rings (SSSR count). The van der Waals surface area contributed by atoms with E-state index in [1.54, 1.807) is 13.0 Å². The van der Waals surface area contributed by atoms with Crippen molar-refractivity contribution in [2.75, 3.05) is 11.5 Å². The minimum atomic E-state index is 0.250. The Morgan fingerprint density at radius 1 is 1.14 bits per heavy atom. The number of allylic oxidation sites excluding steroid dienone is 4. The number of rotatable bonds is 9. The fraction of sp³-hybridized carbons (Fsp3) is 0.429. The average molecular weight is 328 g/mol. The lowest BCUT2D eigenvalue weighted by Gasteiger charge is -1.90. The van der Waals surface area contributed by atoms with Crippen molar-refractivity contribution >= 4 is 49.8 Å². The van der Waals surface area contributed by atoms with E-state index in [1.807, 2.05) is 0 Å². The summed E-state index contributed by atoms with van der Waals surface area (Å²) in [5, 5.41) is 0. The molecule has 0 aromatic carbocycles. The smallest absolute Gasteiger partial charge is 0.298 e. The number of aldehydes is 1. The largest absolute Gasteiger partial charge is 0.373 e. The van der Waals surface area contributed by atoms with Gasteiger partial charge in [-0.3, -0.25) is 4.79 Å². The summed E-state index contributed by atoms with van der Waals surface area (Å²) in [4.78, 5) is 26.2. The van der Waals surface area contributed by atoms with Gasteiger partial charge in [-0.2, -0.15) is 9.59 Å². The van der Waals surface area contributed by atoms with Gasteiger partial charge in [0.25, 0.3) is 0 Å². The van der Waals surface area contributed by atoms with Gasteiger partial charge in [0, 0.05) is 11.5 Å². The summed E-state index contributed by atoms with van der Waals surface area (Å²) in [5.74, 6) is 1.62. The summed E-state index contributed by atoms with van der Waals surface area (Å²) in [6.45, 7) is 5.95. The first-order chi connectivity index (χ1) is 11.0. The van der Waals surface area contributed by atoms with Crippen LogP contribution in [0.5, 0.6) is 0 Å². The van der Waals surface area contributed by atoms with Crippen LogP contribution in [0.3, 0.4) is 0 Å². The van der Waals surface area contributed by atoms with Crippen molar-refractivity contribution in [2.24, 2.45) is 0 Å². The molecule has 0 saturated heterocycles. The minimum Gasteiger partial charge on any atom is -0.298 e. The quantitative estimate of drug-likeness (QED) is 0.214. The molecule has 0 aromatic rings. The molecular formula is C14H22B2O3S2. The van der Waals surface area contributed by atoms with Crippen LogP contribution in [0, 0.1) is 0 Å². The van der Waals surface area contributed by atoms with E-state index in [-0.39, 0.29) is 6.15 Å². The molecule has 7 heteroatoms. The third-order valence-electron chi connectivity index (χ3n) is 1.81. The van der Waals surface area contributed by atoms with Crippen LogP contribution < -0.4 is 0 Å². The normalized spacial score (nSPS) is 11.8. The Balaban J connectivity index is -0.000000301. The molecule has 0 saturated carbocycles. The first-order valence-corrected chi connectivity index (χ1v) is 8.21. The fourth-order valence-electron chi connectivity index (χ4n) is 0.779. The van der Waals surface area contributed by atoms with Crippen molar-refractivity contribution in [3.05, 3.63) is 35.5 Å². The second-order valence-corrected chi connectivity index (χ2v) is 4.91. The van der Waals surface area contributed by atoms with Gasteiger partial charge in [-0.1, -0.05) is 36.8 Å². The molecular weight excluding hydrogens is 302 g/mol. The molecule has 0 spiro atoms. The summed E-state index contributed by atoms with van der Waals surface area (Å²) >= 11 is 2.86. The number of hydrogen-bond donors (Lipinski definition) is 0. The Bertz CT molecular complexity index is 397. The Labute approximate surface area is 141 Å². The van der Waals surface area contributed by atoms with E-state index in [1.165, 1.54) is 43.0 Å². The van der Waals surface area contributed by atoms with Gasteiger partial charge in [0.1, 0.15) is 6.29 Å². The molecule has 0 heterocycles. The van der Waals surface area contributed by atoms with Crippen molar-refractivity contribution in [3.8, 4) is 0 Å². The van der Waals surface area contributed by atoms with E-state index < -0.39 is 0 Å². The molecule has 0 aliphatic carbocycles. The van der Waals surface area contributed by atoms with Gasteiger partial charge >= 0.3 is 6.15 Å². The van der Waals surface area contributed by atoms with Gasteiger partial charge < -0.3 is 0 Å². The van der Waals surface area contributed by atoms with Crippen LogP contribution in [0.4, 0.5) is 0 Å². The van der Waals surface area contributed by atoms with Crippen LogP contribution in [0.1, 0.15) is 27.2 Å². The van der Waals surface area contributed by atoms with Crippen molar-refractivity contribution in [2.45, 2.75) is 27.2 Å². The monoisotopic (exact) mass is 328 g/mol. The summed E-state index contributed by atoms with van der Waals surface area (Å²) in [6.07, 6.45) is 10.3. The van der Waals surface area contributed by atoms with Gasteiger partial charge in [-0.25, -0.2) is 23.2 Å². The molecule has 0 aliphatic heterocycles. The predicted octanol–water partition coefficient (Wildman–Crippen LogP) is 2.55. The fourth-order valence-corrected chi connectivity index (χ4v) is 1.50. The first-order valence-electron chi connectivity index (χ1n) is 7.27. The highest BCUT2D eigenvalue weighted by Crippen LogP contribution is 1.99. The Morgan fingerprint density at radius 2 is 1.62 bits per heavy atom. The molecule has 0 fully saturated rings. The molecule has 3 nitrogen and oxygen atoms in total. The summed E-state index contributed by atoms with van der Waals surface area (Å²) in [7, 11) is 2.63. The molecule has 0 aliphatic rings. The van der Waals surface area contributed by atoms with Crippen LogP contribution in [-0.2, 0) is 14.4 Å². The van der Waals surface area contributed by atoms with Gasteiger partial charge in [0.05, 0.1) is 0 Å². The number of hydrogen-bond acceptors (Lipinski definition) is 5. The Hall–Kier alpha value is -0.900. The molecule has 0 N–H and O–H groups in total. The highest BCUT2D eigenvalue weighted by atomic mass is 32.2. The third kappa shape index (κ3) is 32.5. The van der Waals surface area contributed by atoms with Gasteiger partial charge in [-0.05, 0) is 28.5 Å².